The van der Waals surface area contributed by atoms with Crippen molar-refractivity contribution in [2.45, 2.75) is 51.6 Å². The number of ether oxygens (including phenoxy) is 1. The number of hydrogen-bond acceptors (Lipinski definition) is 4. The molecule has 122 valence electrons. The van der Waals surface area contributed by atoms with E-state index in [-0.39, 0.29) is 5.91 Å². The van der Waals surface area contributed by atoms with Gasteiger partial charge in [-0.25, -0.2) is 0 Å². The highest BCUT2D eigenvalue weighted by atomic mass is 16.5. The average Bonchev–Trinajstić information content (AvgIpc) is 2.49. The Hall–Kier alpha value is -1.14. The van der Waals surface area contributed by atoms with Crippen molar-refractivity contribution in [2.24, 2.45) is 5.92 Å². The smallest absolute Gasteiger partial charge is 0.320 e. The van der Waals surface area contributed by atoms with Crippen molar-refractivity contribution >= 4 is 11.9 Å². The molecule has 0 saturated carbocycles. The quantitative estimate of drug-likeness (QED) is 0.656. The third kappa shape index (κ3) is 5.28. The fraction of sp³-hybridized carbons (Fsp3) is 0.867. The van der Waals surface area contributed by atoms with Crippen LogP contribution in [0.2, 0.25) is 0 Å². The number of carboxylic acid groups (broad SMARTS) is 1. The Labute approximate surface area is 126 Å². The average molecular weight is 300 g/mol. The van der Waals surface area contributed by atoms with Crippen molar-refractivity contribution in [3.63, 3.8) is 0 Å². The maximum atomic E-state index is 12.1. The van der Waals surface area contributed by atoms with E-state index in [1.807, 2.05) is 4.90 Å². The maximum absolute atomic E-state index is 12.1. The number of carboxylic acids is 1. The number of carbonyl (C=O) groups excluding carboxylic acids is 1. The van der Waals surface area contributed by atoms with Crippen LogP contribution in [0, 0.1) is 5.92 Å². The van der Waals surface area contributed by atoms with Crippen LogP contribution in [0.5, 0.6) is 0 Å². The number of likely N-dealkylation sites (tertiary alicyclic amines) is 1. The van der Waals surface area contributed by atoms with Crippen LogP contribution in [0.25, 0.3) is 0 Å². The normalized spacial score (nSPS) is 24.5. The Balaban J connectivity index is 2.55. The van der Waals surface area contributed by atoms with E-state index in [9.17, 15) is 14.7 Å². The van der Waals surface area contributed by atoms with E-state index < -0.39 is 18.1 Å². The Morgan fingerprint density at radius 1 is 1.48 bits per heavy atom. The van der Waals surface area contributed by atoms with Gasteiger partial charge in [-0.05, 0) is 32.1 Å². The first-order chi connectivity index (χ1) is 10.0. The van der Waals surface area contributed by atoms with Crippen molar-refractivity contribution < 1.29 is 19.4 Å². The summed E-state index contributed by atoms with van der Waals surface area (Å²) in [6.07, 6.45) is 3.35. The molecule has 0 spiro atoms. The first-order valence-corrected chi connectivity index (χ1v) is 7.76. The van der Waals surface area contributed by atoms with Gasteiger partial charge in [-0.1, -0.05) is 13.3 Å². The highest BCUT2D eigenvalue weighted by Gasteiger charge is 2.37. The van der Waals surface area contributed by atoms with E-state index in [0.29, 0.717) is 32.0 Å². The topological polar surface area (TPSA) is 78.9 Å². The second-order valence-electron chi connectivity index (χ2n) is 5.70. The molecule has 6 nitrogen and oxygen atoms in total. The summed E-state index contributed by atoms with van der Waals surface area (Å²) in [6, 6.07) is -0.963. The molecule has 0 aromatic rings. The lowest BCUT2D eigenvalue weighted by Crippen LogP contribution is -2.55. The van der Waals surface area contributed by atoms with Crippen LogP contribution in [-0.2, 0) is 14.3 Å². The molecule has 0 aliphatic carbocycles. The summed E-state index contributed by atoms with van der Waals surface area (Å²) in [5.74, 6) is -0.487. The monoisotopic (exact) mass is 300 g/mol. The number of hydrogen-bond donors (Lipinski definition) is 2. The Kier molecular flexibility index (Phi) is 7.67. The summed E-state index contributed by atoms with van der Waals surface area (Å²) >= 11 is 0. The molecule has 1 amide bonds. The van der Waals surface area contributed by atoms with Crippen molar-refractivity contribution in [3.05, 3.63) is 0 Å². The van der Waals surface area contributed by atoms with E-state index in [1.54, 1.807) is 14.0 Å². The van der Waals surface area contributed by atoms with E-state index in [0.717, 1.165) is 19.3 Å². The number of nitrogens with zero attached hydrogens (tertiary/aromatic N) is 1. The maximum Gasteiger partial charge on any atom is 0.320 e. The number of methoxy groups -OCH3 is 1. The zero-order chi connectivity index (χ0) is 15.8. The number of piperidine rings is 1. The van der Waals surface area contributed by atoms with Crippen molar-refractivity contribution in [3.8, 4) is 0 Å². The second kappa shape index (κ2) is 9.00. The van der Waals surface area contributed by atoms with Crippen LogP contribution in [0.1, 0.15) is 39.5 Å². The van der Waals surface area contributed by atoms with Crippen molar-refractivity contribution in [1.82, 2.24) is 10.2 Å². The van der Waals surface area contributed by atoms with Gasteiger partial charge in [0.2, 0.25) is 5.91 Å². The number of nitrogens with one attached hydrogen (secondary N) is 1. The molecule has 1 aliphatic rings. The van der Waals surface area contributed by atoms with Crippen molar-refractivity contribution in [1.29, 1.82) is 0 Å². The van der Waals surface area contributed by atoms with E-state index in [1.165, 1.54) is 0 Å². The molecule has 3 unspecified atom stereocenters. The summed E-state index contributed by atoms with van der Waals surface area (Å²) in [7, 11) is 1.62. The van der Waals surface area contributed by atoms with E-state index in [4.69, 9.17) is 4.74 Å². The summed E-state index contributed by atoms with van der Waals surface area (Å²) in [5, 5.41) is 12.3. The molecule has 1 fully saturated rings. The molecule has 21 heavy (non-hydrogen) atoms. The first kappa shape index (κ1) is 17.9. The molecule has 0 aromatic heterocycles. The number of carbonyl (C=O) groups is 2. The molecule has 1 rings (SSSR count). The van der Waals surface area contributed by atoms with Crippen LogP contribution in [0.3, 0.4) is 0 Å². The summed E-state index contributed by atoms with van der Waals surface area (Å²) in [5.41, 5.74) is 0. The predicted octanol–water partition coefficient (Wildman–Crippen LogP) is 1.10. The minimum absolute atomic E-state index is 0.104. The number of rotatable bonds is 8. The largest absolute Gasteiger partial charge is 0.480 e. The Morgan fingerprint density at radius 3 is 2.76 bits per heavy atom. The molecule has 0 bridgehead atoms. The summed E-state index contributed by atoms with van der Waals surface area (Å²) in [6.45, 7) is 5.70. The standard InChI is InChI=1S/C15H28N2O4/c1-4-12-6-8-17(13(10-12)15(19)20)11(2)14(18)16-7-5-9-21-3/h11-13H,4-10H2,1-3H3,(H,16,18)(H,19,20). The predicted molar refractivity (Wildman–Crippen MR) is 80.1 cm³/mol. The van der Waals surface area contributed by atoms with Gasteiger partial charge in [-0.2, -0.15) is 0 Å². The minimum atomic E-state index is -0.827. The lowest BCUT2D eigenvalue weighted by molar-refractivity contribution is -0.148. The molecule has 1 saturated heterocycles. The number of aliphatic carboxylic acids is 1. The molecular formula is C15H28N2O4. The SMILES string of the molecule is CCC1CCN(C(C)C(=O)NCCCOC)C(C(=O)O)C1. The van der Waals surface area contributed by atoms with Gasteiger partial charge in [0.15, 0.2) is 0 Å². The Bertz CT molecular complexity index is 349. The van der Waals surface area contributed by atoms with Gasteiger partial charge in [0.25, 0.3) is 0 Å². The van der Waals surface area contributed by atoms with E-state index >= 15 is 0 Å². The lowest BCUT2D eigenvalue weighted by atomic mass is 9.88. The van der Waals surface area contributed by atoms with Gasteiger partial charge in [-0.15, -0.1) is 0 Å². The van der Waals surface area contributed by atoms with Gasteiger partial charge < -0.3 is 15.2 Å². The zero-order valence-electron chi connectivity index (χ0n) is 13.3. The molecule has 0 aromatic carbocycles. The van der Waals surface area contributed by atoms with E-state index in [2.05, 4.69) is 12.2 Å². The molecule has 6 heteroatoms. The van der Waals surface area contributed by atoms with Gasteiger partial charge in [0.05, 0.1) is 6.04 Å². The first-order valence-electron chi connectivity index (χ1n) is 7.76. The highest BCUT2D eigenvalue weighted by Crippen LogP contribution is 2.27. The minimum Gasteiger partial charge on any atom is -0.480 e. The number of amides is 1. The lowest BCUT2D eigenvalue weighted by Gasteiger charge is -2.39. The van der Waals surface area contributed by atoms with Crippen LogP contribution < -0.4 is 5.32 Å². The fourth-order valence-corrected chi connectivity index (χ4v) is 2.86. The van der Waals surface area contributed by atoms with Gasteiger partial charge in [0, 0.05) is 26.8 Å². The van der Waals surface area contributed by atoms with Crippen LogP contribution in [0.4, 0.5) is 0 Å². The zero-order valence-corrected chi connectivity index (χ0v) is 13.3. The molecule has 1 heterocycles. The van der Waals surface area contributed by atoms with Crippen LogP contribution in [0.15, 0.2) is 0 Å². The van der Waals surface area contributed by atoms with Gasteiger partial charge in [0.1, 0.15) is 6.04 Å². The summed E-state index contributed by atoms with van der Waals surface area (Å²) in [4.78, 5) is 25.4. The van der Waals surface area contributed by atoms with Crippen molar-refractivity contribution in [2.75, 3.05) is 26.8 Å². The van der Waals surface area contributed by atoms with Crippen LogP contribution in [-0.4, -0.2) is 60.8 Å². The molecule has 0 radical (unpaired) electrons. The fourth-order valence-electron chi connectivity index (χ4n) is 2.86. The third-order valence-corrected chi connectivity index (χ3v) is 4.32. The molecule has 1 aliphatic heterocycles. The third-order valence-electron chi connectivity index (χ3n) is 4.32. The van der Waals surface area contributed by atoms with Crippen LogP contribution >= 0.6 is 0 Å². The Morgan fingerprint density at radius 2 is 2.19 bits per heavy atom. The molecular weight excluding hydrogens is 272 g/mol. The van der Waals surface area contributed by atoms with Gasteiger partial charge in [-0.3, -0.25) is 14.5 Å². The molecule has 3 atom stereocenters. The second-order valence-corrected chi connectivity index (χ2v) is 5.70. The van der Waals surface area contributed by atoms with Gasteiger partial charge >= 0.3 is 5.97 Å². The summed E-state index contributed by atoms with van der Waals surface area (Å²) < 4.78 is 4.93. The molecule has 2 N–H and O–H groups in total. The highest BCUT2D eigenvalue weighted by molar-refractivity contribution is 5.82.